The smallest absolute Gasteiger partial charge is 0.211 e. The lowest BCUT2D eigenvalue weighted by molar-refractivity contribution is 0.551. The second kappa shape index (κ2) is 7.06. The van der Waals surface area contributed by atoms with E-state index >= 15 is 0 Å². The topological polar surface area (TPSA) is 46.2 Å². The molecule has 0 unspecified atom stereocenters. The van der Waals surface area contributed by atoms with Crippen LogP contribution in [0.25, 0.3) is 0 Å². The van der Waals surface area contributed by atoms with Gasteiger partial charge in [0.25, 0.3) is 0 Å². The first-order valence-corrected chi connectivity index (χ1v) is 8.38. The summed E-state index contributed by atoms with van der Waals surface area (Å²) in [5.74, 6) is 1.07. The van der Waals surface area contributed by atoms with Crippen LogP contribution in [-0.4, -0.2) is 15.0 Å². The van der Waals surface area contributed by atoms with Crippen LogP contribution in [0.3, 0.4) is 0 Å². The first kappa shape index (κ1) is 16.2. The molecular weight excluding hydrogens is 258 g/mol. The van der Waals surface area contributed by atoms with Crippen LogP contribution in [0.4, 0.5) is 0 Å². The largest absolute Gasteiger partial charge is 0.240 e. The van der Waals surface area contributed by atoms with Gasteiger partial charge in [0.1, 0.15) is 0 Å². The van der Waals surface area contributed by atoms with Crippen LogP contribution in [0.2, 0.25) is 0 Å². The van der Waals surface area contributed by atoms with E-state index in [0.717, 1.165) is 12.8 Å². The number of sulfonamides is 1. The lowest BCUT2D eigenvalue weighted by Gasteiger charge is -2.09. The van der Waals surface area contributed by atoms with Gasteiger partial charge in [-0.3, -0.25) is 0 Å². The summed E-state index contributed by atoms with van der Waals surface area (Å²) in [6, 6.07) is 7.18. The minimum Gasteiger partial charge on any atom is -0.211 e. The van der Waals surface area contributed by atoms with Crippen molar-refractivity contribution in [3.63, 3.8) is 0 Å². The number of benzene rings is 1. The van der Waals surface area contributed by atoms with Crippen molar-refractivity contribution in [2.24, 2.45) is 11.8 Å². The first-order valence-electron chi connectivity index (χ1n) is 6.90. The molecule has 0 aliphatic carbocycles. The highest BCUT2D eigenvalue weighted by Gasteiger charge is 2.13. The van der Waals surface area contributed by atoms with Crippen molar-refractivity contribution < 1.29 is 8.42 Å². The summed E-state index contributed by atoms with van der Waals surface area (Å²) in [7, 11) is -3.35. The van der Waals surface area contributed by atoms with E-state index in [4.69, 9.17) is 0 Å². The van der Waals surface area contributed by atoms with Crippen LogP contribution < -0.4 is 4.72 Å². The van der Waals surface area contributed by atoms with E-state index in [1.165, 1.54) is 5.56 Å². The van der Waals surface area contributed by atoms with Gasteiger partial charge in [0.2, 0.25) is 10.0 Å². The zero-order valence-corrected chi connectivity index (χ0v) is 13.1. The minimum atomic E-state index is -3.35. The van der Waals surface area contributed by atoms with E-state index < -0.39 is 10.0 Å². The predicted molar refractivity (Wildman–Crippen MR) is 79.6 cm³/mol. The summed E-state index contributed by atoms with van der Waals surface area (Å²) in [4.78, 5) is 0.351. The van der Waals surface area contributed by atoms with Crippen LogP contribution in [0.15, 0.2) is 29.2 Å². The van der Waals surface area contributed by atoms with Gasteiger partial charge in [-0.1, -0.05) is 39.8 Å². The summed E-state index contributed by atoms with van der Waals surface area (Å²) in [5.41, 5.74) is 1.18. The molecule has 0 aliphatic heterocycles. The Balaban J connectivity index is 2.68. The maximum Gasteiger partial charge on any atom is 0.240 e. The van der Waals surface area contributed by atoms with Crippen LogP contribution >= 0.6 is 0 Å². The molecule has 3 nitrogen and oxygen atoms in total. The number of hydrogen-bond donors (Lipinski definition) is 1. The van der Waals surface area contributed by atoms with Crippen molar-refractivity contribution in [2.45, 2.75) is 45.4 Å². The third-order valence-electron chi connectivity index (χ3n) is 2.89. The van der Waals surface area contributed by atoms with E-state index in [1.54, 1.807) is 12.1 Å². The summed E-state index contributed by atoms with van der Waals surface area (Å²) in [6.45, 7) is 8.95. The highest BCUT2D eigenvalue weighted by atomic mass is 32.2. The second-order valence-electron chi connectivity index (χ2n) is 5.82. The normalized spacial score (nSPS) is 12.3. The summed E-state index contributed by atoms with van der Waals surface area (Å²) in [5, 5.41) is 0. The molecule has 108 valence electrons. The molecule has 0 aliphatic rings. The van der Waals surface area contributed by atoms with Gasteiger partial charge in [-0.05, 0) is 42.4 Å². The second-order valence-corrected chi connectivity index (χ2v) is 7.59. The first-order chi connectivity index (χ1) is 8.81. The molecule has 19 heavy (non-hydrogen) atoms. The van der Waals surface area contributed by atoms with Crippen molar-refractivity contribution in [3.05, 3.63) is 29.8 Å². The molecular formula is C15H25NO2S. The van der Waals surface area contributed by atoms with E-state index in [1.807, 2.05) is 12.1 Å². The molecule has 0 fully saturated rings. The molecule has 0 saturated heterocycles. The van der Waals surface area contributed by atoms with Gasteiger partial charge in [0.15, 0.2) is 0 Å². The Morgan fingerprint density at radius 1 is 1.00 bits per heavy atom. The number of rotatable bonds is 7. The third-order valence-corrected chi connectivity index (χ3v) is 4.37. The Labute approximate surface area is 117 Å². The molecule has 1 aromatic rings. The minimum absolute atomic E-state index is 0.351. The highest BCUT2D eigenvalue weighted by molar-refractivity contribution is 7.89. The third kappa shape index (κ3) is 5.74. The van der Waals surface area contributed by atoms with Crippen molar-refractivity contribution >= 4 is 10.0 Å². The van der Waals surface area contributed by atoms with Crippen LogP contribution in [0, 0.1) is 11.8 Å². The molecule has 0 radical (unpaired) electrons. The molecule has 0 atom stereocenters. The van der Waals surface area contributed by atoms with E-state index in [0.29, 0.717) is 23.3 Å². The standard InChI is InChI=1S/C15H25NO2S/c1-12(2)9-10-16-19(17,18)15-7-5-14(6-8-15)11-13(3)4/h5-8,12-13,16H,9-11H2,1-4H3. The molecule has 0 amide bonds. The zero-order valence-electron chi connectivity index (χ0n) is 12.3. The lowest BCUT2D eigenvalue weighted by atomic mass is 10.0. The molecule has 1 N–H and O–H groups in total. The summed E-state index contributed by atoms with van der Waals surface area (Å²) < 4.78 is 26.7. The highest BCUT2D eigenvalue weighted by Crippen LogP contribution is 2.13. The van der Waals surface area contributed by atoms with Gasteiger partial charge in [0.05, 0.1) is 4.90 Å². The molecule has 1 rings (SSSR count). The average molecular weight is 283 g/mol. The van der Waals surface area contributed by atoms with Gasteiger partial charge in [-0.15, -0.1) is 0 Å². The Kier molecular flexibility index (Phi) is 6.01. The Hall–Kier alpha value is -0.870. The molecule has 0 heterocycles. The van der Waals surface area contributed by atoms with Crippen molar-refractivity contribution in [2.75, 3.05) is 6.54 Å². The number of hydrogen-bond acceptors (Lipinski definition) is 2. The molecule has 0 bridgehead atoms. The van der Waals surface area contributed by atoms with Gasteiger partial charge in [-0.2, -0.15) is 0 Å². The van der Waals surface area contributed by atoms with E-state index in [-0.39, 0.29) is 0 Å². The van der Waals surface area contributed by atoms with Crippen molar-refractivity contribution in [1.29, 1.82) is 0 Å². The molecule has 4 heteroatoms. The zero-order chi connectivity index (χ0) is 14.5. The molecule has 0 spiro atoms. The van der Waals surface area contributed by atoms with E-state index in [9.17, 15) is 8.42 Å². The summed E-state index contributed by atoms with van der Waals surface area (Å²) >= 11 is 0. The Morgan fingerprint density at radius 2 is 1.58 bits per heavy atom. The predicted octanol–water partition coefficient (Wildman–Crippen LogP) is 3.21. The van der Waals surface area contributed by atoms with Gasteiger partial charge in [-0.25, -0.2) is 13.1 Å². The summed E-state index contributed by atoms with van der Waals surface area (Å²) in [6.07, 6.45) is 1.83. The maximum atomic E-state index is 12.0. The Morgan fingerprint density at radius 3 is 2.05 bits per heavy atom. The fourth-order valence-corrected chi connectivity index (χ4v) is 2.89. The lowest BCUT2D eigenvalue weighted by Crippen LogP contribution is -2.25. The Bertz CT molecular complexity index is 475. The van der Waals surface area contributed by atoms with Gasteiger partial charge >= 0.3 is 0 Å². The fraction of sp³-hybridized carbons (Fsp3) is 0.600. The van der Waals surface area contributed by atoms with Gasteiger partial charge in [0, 0.05) is 6.54 Å². The fourth-order valence-electron chi connectivity index (χ4n) is 1.84. The van der Waals surface area contributed by atoms with Crippen LogP contribution in [0.1, 0.15) is 39.7 Å². The SMILES string of the molecule is CC(C)CCNS(=O)(=O)c1ccc(CC(C)C)cc1. The molecule has 0 saturated carbocycles. The van der Waals surface area contributed by atoms with Crippen LogP contribution in [0.5, 0.6) is 0 Å². The number of nitrogens with one attached hydrogen (secondary N) is 1. The average Bonchev–Trinajstić information content (AvgIpc) is 2.28. The van der Waals surface area contributed by atoms with Crippen molar-refractivity contribution in [1.82, 2.24) is 4.72 Å². The van der Waals surface area contributed by atoms with Gasteiger partial charge < -0.3 is 0 Å². The molecule has 0 aromatic heterocycles. The van der Waals surface area contributed by atoms with E-state index in [2.05, 4.69) is 32.4 Å². The maximum absolute atomic E-state index is 12.0. The molecule has 1 aromatic carbocycles. The quantitative estimate of drug-likeness (QED) is 0.835. The van der Waals surface area contributed by atoms with Crippen molar-refractivity contribution in [3.8, 4) is 0 Å². The monoisotopic (exact) mass is 283 g/mol. The van der Waals surface area contributed by atoms with Crippen LogP contribution in [-0.2, 0) is 16.4 Å².